The van der Waals surface area contributed by atoms with Crippen molar-refractivity contribution < 1.29 is 14.5 Å². The van der Waals surface area contributed by atoms with Crippen molar-refractivity contribution in [2.45, 2.75) is 18.9 Å². The minimum absolute atomic E-state index is 0.490. The van der Waals surface area contributed by atoms with Crippen LogP contribution in [0.2, 0.25) is 5.02 Å². The van der Waals surface area contributed by atoms with Crippen LogP contribution in [-0.4, -0.2) is 29.3 Å². The number of rotatable bonds is 2. The number of hydrogen-bond acceptors (Lipinski definition) is 2. The van der Waals surface area contributed by atoms with Gasteiger partial charge in [-0.25, -0.2) is 4.58 Å². The summed E-state index contributed by atoms with van der Waals surface area (Å²) in [5.74, 6) is -0.997. The van der Waals surface area contributed by atoms with Crippen LogP contribution < -0.4 is 5.11 Å². The third-order valence-electron chi connectivity index (χ3n) is 2.75. The number of carboxylic acid groups (broad SMARTS) is 1. The molecule has 1 atom stereocenters. The van der Waals surface area contributed by atoms with Gasteiger partial charge in [-0.15, -0.1) is 0 Å². The molecule has 2 rings (SSSR count). The van der Waals surface area contributed by atoms with Crippen molar-refractivity contribution >= 4 is 23.8 Å². The number of carbonyl (C=O) groups is 1. The highest BCUT2D eigenvalue weighted by Crippen LogP contribution is 2.13. The number of hydrogen-bond donors (Lipinski definition) is 0. The lowest BCUT2D eigenvalue weighted by molar-refractivity contribution is -0.539. The summed E-state index contributed by atoms with van der Waals surface area (Å²) in [5.41, 5.74) is 0.956. The second-order valence-corrected chi connectivity index (χ2v) is 4.33. The van der Waals surface area contributed by atoms with Gasteiger partial charge in [-0.05, 0) is 24.3 Å². The Bertz CT molecular complexity index is 425. The van der Waals surface area contributed by atoms with E-state index in [-0.39, 0.29) is 0 Å². The first-order chi connectivity index (χ1) is 7.66. The molecule has 3 nitrogen and oxygen atoms in total. The van der Waals surface area contributed by atoms with Gasteiger partial charge in [-0.1, -0.05) is 11.6 Å². The average molecular weight is 238 g/mol. The number of halogens is 1. The summed E-state index contributed by atoms with van der Waals surface area (Å²) in [6.45, 7) is 0.765. The van der Waals surface area contributed by atoms with Crippen LogP contribution in [0.1, 0.15) is 18.4 Å². The van der Waals surface area contributed by atoms with Gasteiger partial charge in [-0.2, -0.15) is 0 Å². The Morgan fingerprint density at radius 3 is 2.75 bits per heavy atom. The maximum atomic E-state index is 10.9. The van der Waals surface area contributed by atoms with Crippen molar-refractivity contribution in [1.82, 2.24) is 0 Å². The zero-order valence-electron chi connectivity index (χ0n) is 8.73. The summed E-state index contributed by atoms with van der Waals surface area (Å²) < 4.78 is 1.82. The van der Waals surface area contributed by atoms with E-state index in [0.29, 0.717) is 11.4 Å². The van der Waals surface area contributed by atoms with Gasteiger partial charge in [0.15, 0.2) is 12.3 Å². The number of carbonyl (C=O) groups excluding carboxylic acids is 1. The van der Waals surface area contributed by atoms with E-state index >= 15 is 0 Å². The van der Waals surface area contributed by atoms with Gasteiger partial charge >= 0.3 is 0 Å². The van der Waals surface area contributed by atoms with Crippen LogP contribution in [0.25, 0.3) is 0 Å². The lowest BCUT2D eigenvalue weighted by Crippen LogP contribution is -2.40. The minimum Gasteiger partial charge on any atom is -0.543 e. The molecule has 0 amide bonds. The first kappa shape index (κ1) is 11.1. The molecular formula is C12H12ClNO2. The highest BCUT2D eigenvalue weighted by atomic mass is 35.5. The van der Waals surface area contributed by atoms with Gasteiger partial charge in [0, 0.05) is 23.4 Å². The van der Waals surface area contributed by atoms with Crippen LogP contribution in [0.4, 0.5) is 0 Å². The molecule has 0 radical (unpaired) electrons. The molecule has 0 aromatic heterocycles. The number of benzene rings is 1. The molecular weight excluding hydrogens is 226 g/mol. The van der Waals surface area contributed by atoms with E-state index in [1.54, 1.807) is 12.1 Å². The summed E-state index contributed by atoms with van der Waals surface area (Å²) in [6.07, 6.45) is 3.40. The van der Waals surface area contributed by atoms with E-state index in [4.69, 9.17) is 11.6 Å². The molecule has 1 saturated heterocycles. The standard InChI is InChI=1S/C12H12ClNO2/c13-10-5-3-9(4-6-10)8-14-7-1-2-11(14)12(15)16/h3-6,8,11H,1-2,7H2/t11-/m0/s1. The summed E-state index contributed by atoms with van der Waals surface area (Å²) in [4.78, 5) is 10.9. The van der Waals surface area contributed by atoms with E-state index in [9.17, 15) is 9.90 Å². The Balaban J connectivity index is 2.23. The van der Waals surface area contributed by atoms with Crippen molar-refractivity contribution in [3.05, 3.63) is 34.9 Å². The Morgan fingerprint density at radius 2 is 2.12 bits per heavy atom. The van der Waals surface area contributed by atoms with Crippen LogP contribution in [0, 0.1) is 0 Å². The summed E-state index contributed by atoms with van der Waals surface area (Å²) >= 11 is 5.78. The van der Waals surface area contributed by atoms with E-state index < -0.39 is 12.0 Å². The number of carboxylic acids is 1. The topological polar surface area (TPSA) is 43.1 Å². The SMILES string of the molecule is O=C([O-])[C@@H]1CCC[N+]1=Cc1ccc(Cl)cc1. The van der Waals surface area contributed by atoms with E-state index in [1.165, 1.54) is 0 Å². The van der Waals surface area contributed by atoms with Gasteiger partial charge in [0.05, 0.1) is 0 Å². The van der Waals surface area contributed by atoms with Crippen LogP contribution >= 0.6 is 11.6 Å². The molecule has 1 heterocycles. The average Bonchev–Trinajstić information content (AvgIpc) is 2.69. The van der Waals surface area contributed by atoms with Crippen molar-refractivity contribution in [3.8, 4) is 0 Å². The zero-order valence-corrected chi connectivity index (χ0v) is 9.48. The number of aliphatic carboxylic acids is 1. The van der Waals surface area contributed by atoms with Crippen molar-refractivity contribution in [2.75, 3.05) is 6.54 Å². The lowest BCUT2D eigenvalue weighted by Gasteiger charge is -2.07. The van der Waals surface area contributed by atoms with Crippen molar-refractivity contribution in [1.29, 1.82) is 0 Å². The van der Waals surface area contributed by atoms with Crippen LogP contribution in [0.15, 0.2) is 24.3 Å². The Labute approximate surface area is 99.0 Å². The molecule has 1 aliphatic heterocycles. The molecule has 4 heteroatoms. The summed E-state index contributed by atoms with van der Waals surface area (Å²) in [5, 5.41) is 11.5. The highest BCUT2D eigenvalue weighted by molar-refractivity contribution is 6.30. The number of nitrogens with zero attached hydrogens (tertiary/aromatic N) is 1. The fourth-order valence-electron chi connectivity index (χ4n) is 1.94. The maximum absolute atomic E-state index is 10.9. The van der Waals surface area contributed by atoms with Gasteiger partial charge < -0.3 is 9.90 Å². The van der Waals surface area contributed by atoms with Gasteiger partial charge in [0.2, 0.25) is 0 Å². The van der Waals surface area contributed by atoms with Gasteiger partial charge in [-0.3, -0.25) is 0 Å². The second-order valence-electron chi connectivity index (χ2n) is 3.90. The first-order valence-corrected chi connectivity index (χ1v) is 5.61. The molecule has 16 heavy (non-hydrogen) atoms. The smallest absolute Gasteiger partial charge is 0.192 e. The molecule has 1 fully saturated rings. The van der Waals surface area contributed by atoms with Gasteiger partial charge in [0.25, 0.3) is 0 Å². The molecule has 84 valence electrons. The molecule has 0 saturated carbocycles. The molecule has 0 spiro atoms. The third-order valence-corrected chi connectivity index (χ3v) is 3.00. The second kappa shape index (κ2) is 4.66. The lowest BCUT2D eigenvalue weighted by atomic mass is 10.2. The maximum Gasteiger partial charge on any atom is 0.192 e. The fraction of sp³-hybridized carbons (Fsp3) is 0.333. The molecule has 0 aliphatic carbocycles. The normalized spacial score (nSPS) is 22.6. The van der Waals surface area contributed by atoms with Gasteiger partial charge in [0.1, 0.15) is 12.5 Å². The predicted octanol–water partition coefficient (Wildman–Crippen LogP) is 0.684. The molecule has 0 N–H and O–H groups in total. The van der Waals surface area contributed by atoms with E-state index in [0.717, 1.165) is 18.5 Å². The van der Waals surface area contributed by atoms with Crippen LogP contribution in [0.5, 0.6) is 0 Å². The molecule has 0 unspecified atom stereocenters. The summed E-state index contributed by atoms with van der Waals surface area (Å²) in [7, 11) is 0. The third kappa shape index (κ3) is 2.42. The Kier molecular flexibility index (Phi) is 3.25. The Hall–Kier alpha value is -1.35. The van der Waals surface area contributed by atoms with Crippen molar-refractivity contribution in [3.63, 3.8) is 0 Å². The van der Waals surface area contributed by atoms with Crippen molar-refractivity contribution in [2.24, 2.45) is 0 Å². The molecule has 1 aliphatic rings. The van der Waals surface area contributed by atoms with Crippen LogP contribution in [-0.2, 0) is 4.79 Å². The Morgan fingerprint density at radius 1 is 1.44 bits per heavy atom. The first-order valence-electron chi connectivity index (χ1n) is 5.24. The zero-order chi connectivity index (χ0) is 11.5. The van der Waals surface area contributed by atoms with E-state index in [2.05, 4.69) is 0 Å². The fourth-order valence-corrected chi connectivity index (χ4v) is 2.06. The monoisotopic (exact) mass is 237 g/mol. The molecule has 0 bridgehead atoms. The minimum atomic E-state index is -0.997. The predicted molar refractivity (Wildman–Crippen MR) is 59.8 cm³/mol. The van der Waals surface area contributed by atoms with E-state index in [1.807, 2.05) is 22.9 Å². The largest absolute Gasteiger partial charge is 0.543 e. The molecule has 1 aromatic rings. The quantitative estimate of drug-likeness (QED) is 0.710. The molecule has 1 aromatic carbocycles. The van der Waals surface area contributed by atoms with Crippen LogP contribution in [0.3, 0.4) is 0 Å². The summed E-state index contributed by atoms with van der Waals surface area (Å²) in [6, 6.07) is 6.82. The highest BCUT2D eigenvalue weighted by Gasteiger charge is 2.28.